The zero-order valence-corrected chi connectivity index (χ0v) is 46.0. The number of halogens is 5. The molecule has 4 aliphatic rings. The van der Waals surface area contributed by atoms with Gasteiger partial charge in [-0.3, -0.25) is 4.90 Å². The third-order valence-electron chi connectivity index (χ3n) is 16.5. The number of benzene rings is 5. The molecule has 0 radical (unpaired) electrons. The van der Waals surface area contributed by atoms with Crippen LogP contribution in [0.3, 0.4) is 0 Å². The zero-order chi connectivity index (χ0) is 54.1. The predicted octanol–water partition coefficient (Wildman–Crippen LogP) is 14.8. The van der Waals surface area contributed by atoms with Crippen LogP contribution in [0.15, 0.2) is 96.0 Å². The number of rotatable bonds is 11. The number of aromatic nitrogens is 2. The molecule has 15 heteroatoms. The van der Waals surface area contributed by atoms with Crippen LogP contribution in [0.1, 0.15) is 118 Å². The van der Waals surface area contributed by atoms with Crippen molar-refractivity contribution in [3.05, 3.63) is 125 Å². The van der Waals surface area contributed by atoms with E-state index in [4.69, 9.17) is 19.5 Å². The van der Waals surface area contributed by atoms with Gasteiger partial charge in [0.15, 0.2) is 5.82 Å². The van der Waals surface area contributed by atoms with Crippen LogP contribution in [0.2, 0.25) is 16.6 Å². The second-order valence-corrected chi connectivity index (χ2v) is 28.9. The van der Waals surface area contributed by atoms with Crippen molar-refractivity contribution in [3.8, 4) is 28.6 Å². The van der Waals surface area contributed by atoms with Crippen LogP contribution in [0.4, 0.5) is 38.3 Å². The van der Waals surface area contributed by atoms with E-state index in [1.54, 1.807) is 39.0 Å². The zero-order valence-electron chi connectivity index (χ0n) is 45.0. The highest BCUT2D eigenvalue weighted by molar-refractivity contribution is 6.90. The minimum Gasteiger partial charge on any atom is -0.461 e. The van der Waals surface area contributed by atoms with E-state index in [0.717, 1.165) is 56.0 Å². The van der Waals surface area contributed by atoms with Gasteiger partial charge in [-0.15, -0.1) is 5.54 Å². The predicted molar refractivity (Wildman–Crippen MR) is 294 cm³/mol. The lowest BCUT2D eigenvalue weighted by atomic mass is 9.92. The number of carbonyl (C=O) groups is 1. The molecule has 76 heavy (non-hydrogen) atoms. The fraction of sp³-hybridized carbons (Fsp3) is 0.443. The standard InChI is InChI=1S/C61H67F5N6O3Si/c1-38(2)76(39(3)4,40(5)6)31-24-45-48(62)23-22-43-32-44(67-53(41-18-12-10-13-19-41)42-20-14-11-15-21-42)33-46(50(43)45)51-49(63)34-47-54(52(51)64)68-56(74-37-59-25-16-29-71(59)30-17-26-59)69-55(47)70-35-60(65)27-28-61(66,36-70)72(60)57(73)75-58(7,8)9/h10-15,18-23,32-34,38-40H,16-17,25-30,35-37H2,1-9H3. The van der Waals surface area contributed by atoms with Crippen molar-refractivity contribution in [2.45, 2.75) is 140 Å². The lowest BCUT2D eigenvalue weighted by Gasteiger charge is -2.47. The molecule has 1 amide bonds. The highest BCUT2D eigenvalue weighted by Crippen LogP contribution is 2.51. The molecule has 0 saturated carbocycles. The van der Waals surface area contributed by atoms with Crippen LogP contribution in [0.5, 0.6) is 6.01 Å². The van der Waals surface area contributed by atoms with E-state index in [1.165, 1.54) is 11.0 Å². The summed E-state index contributed by atoms with van der Waals surface area (Å²) in [4.78, 5) is 32.3. The Bertz CT molecular complexity index is 3230. The highest BCUT2D eigenvalue weighted by Gasteiger charge is 2.65. The molecule has 4 fully saturated rings. The Balaban J connectivity index is 1.22. The average Bonchev–Trinajstić information content (AvgIpc) is 4.19. The quantitative estimate of drug-likeness (QED) is 0.0420. The van der Waals surface area contributed by atoms with Gasteiger partial charge in [0, 0.05) is 34.7 Å². The van der Waals surface area contributed by atoms with Gasteiger partial charge in [-0.05, 0) is 111 Å². The highest BCUT2D eigenvalue weighted by atomic mass is 28.3. The van der Waals surface area contributed by atoms with Crippen molar-refractivity contribution in [3.63, 3.8) is 0 Å². The summed E-state index contributed by atoms with van der Waals surface area (Å²) in [6, 6.07) is 26.2. The Morgan fingerprint density at radius 1 is 0.776 bits per heavy atom. The number of nitrogens with zero attached hydrogens (tertiary/aromatic N) is 6. The molecule has 5 heterocycles. The van der Waals surface area contributed by atoms with E-state index < -0.39 is 67.5 Å². The number of alkyl halides is 2. The summed E-state index contributed by atoms with van der Waals surface area (Å²) in [5.74, 6) is -4.86. The van der Waals surface area contributed by atoms with Gasteiger partial charge in [0.1, 0.15) is 43.3 Å². The van der Waals surface area contributed by atoms with Crippen molar-refractivity contribution in [1.82, 2.24) is 19.8 Å². The summed E-state index contributed by atoms with van der Waals surface area (Å²) >= 11 is 0. The first-order chi connectivity index (χ1) is 36.1. The minimum absolute atomic E-state index is 0.00347. The molecule has 10 rings (SSSR count). The number of amides is 1. The minimum atomic E-state index is -2.57. The number of carbonyl (C=O) groups excluding carboxylic acids is 1. The summed E-state index contributed by atoms with van der Waals surface area (Å²) in [5.41, 5.74) is 4.49. The van der Waals surface area contributed by atoms with Gasteiger partial charge >= 0.3 is 12.1 Å². The van der Waals surface area contributed by atoms with Crippen LogP contribution in [0.25, 0.3) is 32.8 Å². The van der Waals surface area contributed by atoms with Crippen molar-refractivity contribution in [2.75, 3.05) is 37.7 Å². The Morgan fingerprint density at radius 2 is 1.37 bits per heavy atom. The van der Waals surface area contributed by atoms with Gasteiger partial charge in [-0.1, -0.05) is 114 Å². The molecule has 2 atom stereocenters. The molecule has 5 aromatic carbocycles. The first kappa shape index (κ1) is 53.0. The Morgan fingerprint density at radius 3 is 1.93 bits per heavy atom. The van der Waals surface area contributed by atoms with Crippen LogP contribution in [-0.4, -0.2) is 95.2 Å². The first-order valence-electron chi connectivity index (χ1n) is 26.8. The van der Waals surface area contributed by atoms with Gasteiger partial charge < -0.3 is 14.4 Å². The molecular weight excluding hydrogens is 988 g/mol. The Labute approximate surface area is 443 Å². The van der Waals surface area contributed by atoms with E-state index in [9.17, 15) is 4.79 Å². The SMILES string of the molecule is CC(C)[Si](C#Cc1c(F)ccc2cc(N=C(c3ccccc3)c3ccccc3)cc(-c3c(F)cc4c(N5CC6(F)CCC(F)(C5)N6C(=O)OC(C)(C)C)nc(OCC56CCCN5CCC6)nc4c3F)c12)(C(C)C)C(C)C. The number of aliphatic imine (C=N–C) groups is 1. The summed E-state index contributed by atoms with van der Waals surface area (Å²) in [6.45, 7) is 18.6. The molecule has 0 N–H and O–H groups in total. The first-order valence-corrected chi connectivity index (χ1v) is 29.0. The van der Waals surface area contributed by atoms with Crippen LogP contribution >= 0.6 is 0 Å². The van der Waals surface area contributed by atoms with Crippen LogP contribution < -0.4 is 9.64 Å². The van der Waals surface area contributed by atoms with Gasteiger partial charge in [-0.2, -0.15) is 9.97 Å². The van der Waals surface area contributed by atoms with Crippen LogP contribution in [0, 0.1) is 28.9 Å². The topological polar surface area (TPSA) is 83.4 Å². The molecule has 4 saturated heterocycles. The van der Waals surface area contributed by atoms with E-state index in [1.807, 2.05) is 60.7 Å². The number of hydrogen-bond donors (Lipinski definition) is 0. The maximum absolute atomic E-state index is 18.5. The van der Waals surface area contributed by atoms with Gasteiger partial charge in [0.2, 0.25) is 11.6 Å². The van der Waals surface area contributed by atoms with E-state index in [-0.39, 0.29) is 80.9 Å². The molecule has 398 valence electrons. The second-order valence-electron chi connectivity index (χ2n) is 23.3. The smallest absolute Gasteiger partial charge is 0.415 e. The fourth-order valence-corrected chi connectivity index (χ4v) is 18.3. The van der Waals surface area contributed by atoms with Crippen molar-refractivity contribution < 1.29 is 36.2 Å². The largest absolute Gasteiger partial charge is 0.461 e. The summed E-state index contributed by atoms with van der Waals surface area (Å²) < 4.78 is 100.0. The number of ether oxygens (including phenoxy) is 2. The summed E-state index contributed by atoms with van der Waals surface area (Å²) in [7, 11) is -2.49. The maximum Gasteiger partial charge on any atom is 0.415 e. The van der Waals surface area contributed by atoms with Gasteiger partial charge in [0.25, 0.3) is 0 Å². The third-order valence-corrected chi connectivity index (χ3v) is 22.8. The molecule has 2 bridgehead atoms. The van der Waals surface area contributed by atoms with Crippen molar-refractivity contribution in [1.29, 1.82) is 0 Å². The molecule has 2 unspecified atom stereocenters. The van der Waals surface area contributed by atoms with E-state index >= 15 is 22.0 Å². The van der Waals surface area contributed by atoms with Crippen molar-refractivity contribution >= 4 is 53.1 Å². The number of hydrogen-bond acceptors (Lipinski definition) is 8. The van der Waals surface area contributed by atoms with Gasteiger partial charge in [0.05, 0.1) is 41.2 Å². The molecule has 9 nitrogen and oxygen atoms in total. The lowest BCUT2D eigenvalue weighted by Crippen LogP contribution is -2.66. The monoisotopic (exact) mass is 1050 g/mol. The molecule has 0 aliphatic carbocycles. The Hall–Kier alpha value is -6.37. The lowest BCUT2D eigenvalue weighted by molar-refractivity contribution is -0.115. The fourth-order valence-electron chi connectivity index (χ4n) is 13.1. The normalized spacial score (nSPS) is 20.4. The number of anilines is 1. The maximum atomic E-state index is 18.5. The average molecular weight is 1060 g/mol. The van der Waals surface area contributed by atoms with Gasteiger partial charge in [-0.25, -0.2) is 36.6 Å². The number of fused-ring (bicyclic) bond motifs is 5. The summed E-state index contributed by atoms with van der Waals surface area (Å²) in [6.07, 6.45) is 1.85. The molecular formula is C61H67F5N6O3Si. The van der Waals surface area contributed by atoms with E-state index in [0.29, 0.717) is 21.7 Å². The molecule has 6 aromatic rings. The van der Waals surface area contributed by atoms with Crippen molar-refractivity contribution in [2.24, 2.45) is 4.99 Å². The number of piperazine rings is 1. The molecule has 1 aromatic heterocycles. The van der Waals surface area contributed by atoms with E-state index in [2.05, 4.69) is 62.9 Å². The molecule has 4 aliphatic heterocycles. The third kappa shape index (κ3) is 9.41. The molecule has 0 spiro atoms. The second kappa shape index (κ2) is 19.9. The Kier molecular flexibility index (Phi) is 13.9. The summed E-state index contributed by atoms with van der Waals surface area (Å²) in [5, 5.41) is 0.452. The van der Waals surface area contributed by atoms with Crippen LogP contribution in [-0.2, 0) is 4.74 Å².